The number of carbonyl (C=O) groups excluding carboxylic acids is 3. The lowest BCUT2D eigenvalue weighted by Gasteiger charge is -2.26. The molecule has 1 aromatic heterocycles. The van der Waals surface area contributed by atoms with E-state index in [2.05, 4.69) is 10.3 Å². The number of thiazole rings is 1. The monoisotopic (exact) mass is 435 g/mol. The second kappa shape index (κ2) is 9.09. The normalized spacial score (nSPS) is 13.6. The van der Waals surface area contributed by atoms with Gasteiger partial charge in [0.25, 0.3) is 5.91 Å². The zero-order valence-corrected chi connectivity index (χ0v) is 17.7. The zero-order chi connectivity index (χ0) is 21.8. The third-order valence-corrected chi connectivity index (χ3v) is 5.78. The van der Waals surface area contributed by atoms with Gasteiger partial charge < -0.3 is 15.0 Å². The molecule has 4 rings (SSSR count). The highest BCUT2D eigenvalue weighted by atomic mass is 32.1. The number of carbonyl (C=O) groups is 3. The fourth-order valence-corrected chi connectivity index (χ4v) is 4.21. The molecule has 0 saturated heterocycles. The molecular formula is C23H21N3O4S. The molecule has 0 radical (unpaired) electrons. The summed E-state index contributed by atoms with van der Waals surface area (Å²) < 4.78 is 4.94. The molecule has 3 aromatic rings. The number of hydrogen-bond acceptors (Lipinski definition) is 6. The molecule has 1 aliphatic rings. The van der Waals surface area contributed by atoms with Crippen LogP contribution >= 0.6 is 11.3 Å². The summed E-state index contributed by atoms with van der Waals surface area (Å²) in [5.74, 6) is -1.06. The number of esters is 1. The molecule has 31 heavy (non-hydrogen) atoms. The molecule has 0 saturated carbocycles. The third kappa shape index (κ3) is 4.49. The van der Waals surface area contributed by atoms with Gasteiger partial charge in [0.15, 0.2) is 10.8 Å². The Hall–Kier alpha value is -3.52. The summed E-state index contributed by atoms with van der Waals surface area (Å²) in [6, 6.07) is 16.2. The number of benzene rings is 2. The highest BCUT2D eigenvalue weighted by molar-refractivity contribution is 7.14. The Balaban J connectivity index is 1.57. The molecular weight excluding hydrogens is 414 g/mol. The zero-order valence-electron chi connectivity index (χ0n) is 16.9. The highest BCUT2D eigenvalue weighted by Crippen LogP contribution is 2.27. The van der Waals surface area contributed by atoms with Crippen molar-refractivity contribution in [2.75, 3.05) is 11.9 Å². The minimum absolute atomic E-state index is 0.145. The van der Waals surface area contributed by atoms with Crippen LogP contribution in [0.4, 0.5) is 5.13 Å². The Kier molecular flexibility index (Phi) is 6.08. The Labute approximate surface area is 183 Å². The van der Waals surface area contributed by atoms with Crippen LogP contribution in [0.5, 0.6) is 0 Å². The van der Waals surface area contributed by atoms with Crippen molar-refractivity contribution in [1.29, 1.82) is 0 Å². The average molecular weight is 436 g/mol. The number of rotatable bonds is 7. The van der Waals surface area contributed by atoms with Crippen LogP contribution in [0, 0.1) is 0 Å². The van der Waals surface area contributed by atoms with Gasteiger partial charge in [-0.05, 0) is 24.1 Å². The van der Waals surface area contributed by atoms with E-state index in [0.29, 0.717) is 18.5 Å². The van der Waals surface area contributed by atoms with Gasteiger partial charge in [-0.15, -0.1) is 11.3 Å². The predicted molar refractivity (Wildman–Crippen MR) is 117 cm³/mol. The van der Waals surface area contributed by atoms with Gasteiger partial charge in [-0.25, -0.2) is 9.78 Å². The number of ether oxygens (including phenoxy) is 1. The molecule has 2 amide bonds. The summed E-state index contributed by atoms with van der Waals surface area (Å²) in [5.41, 5.74) is 2.61. The van der Waals surface area contributed by atoms with Gasteiger partial charge in [-0.1, -0.05) is 48.5 Å². The van der Waals surface area contributed by atoms with Crippen molar-refractivity contribution in [1.82, 2.24) is 9.88 Å². The van der Waals surface area contributed by atoms with Gasteiger partial charge in [0.1, 0.15) is 6.04 Å². The minimum Gasteiger partial charge on any atom is -0.461 e. The van der Waals surface area contributed by atoms with E-state index < -0.39 is 12.0 Å². The Morgan fingerprint density at radius 3 is 2.65 bits per heavy atom. The number of nitrogens with one attached hydrogen (secondary N) is 1. The average Bonchev–Trinajstić information content (AvgIpc) is 3.38. The molecule has 1 atom stereocenters. The van der Waals surface area contributed by atoms with Crippen molar-refractivity contribution < 1.29 is 19.1 Å². The van der Waals surface area contributed by atoms with Crippen molar-refractivity contribution in [2.24, 2.45) is 0 Å². The molecule has 0 bridgehead atoms. The van der Waals surface area contributed by atoms with Gasteiger partial charge in [0, 0.05) is 23.9 Å². The van der Waals surface area contributed by atoms with E-state index in [-0.39, 0.29) is 29.2 Å². The second-order valence-electron chi connectivity index (χ2n) is 7.04. The number of aromatic nitrogens is 1. The largest absolute Gasteiger partial charge is 0.461 e. The van der Waals surface area contributed by atoms with Gasteiger partial charge >= 0.3 is 5.97 Å². The number of hydrogen-bond donors (Lipinski definition) is 1. The Morgan fingerprint density at radius 1 is 1.16 bits per heavy atom. The summed E-state index contributed by atoms with van der Waals surface area (Å²) in [6.07, 6.45) is 0.364. The van der Waals surface area contributed by atoms with Crippen LogP contribution in [0.3, 0.4) is 0 Å². The van der Waals surface area contributed by atoms with Gasteiger partial charge in [-0.3, -0.25) is 9.59 Å². The van der Waals surface area contributed by atoms with Crippen molar-refractivity contribution in [3.05, 3.63) is 82.4 Å². The van der Waals surface area contributed by atoms with E-state index in [9.17, 15) is 14.4 Å². The maximum Gasteiger partial charge on any atom is 0.357 e. The van der Waals surface area contributed by atoms with Crippen molar-refractivity contribution in [2.45, 2.75) is 25.9 Å². The van der Waals surface area contributed by atoms with Crippen LogP contribution in [-0.2, 0) is 22.5 Å². The number of fused-ring (bicyclic) bond motifs is 1. The Morgan fingerprint density at radius 2 is 1.90 bits per heavy atom. The minimum atomic E-state index is -0.725. The topological polar surface area (TPSA) is 88.6 Å². The lowest BCUT2D eigenvalue weighted by molar-refractivity contribution is -0.120. The van der Waals surface area contributed by atoms with E-state index in [1.165, 1.54) is 5.38 Å². The molecule has 2 aromatic carbocycles. The summed E-state index contributed by atoms with van der Waals surface area (Å²) in [7, 11) is 0. The molecule has 2 heterocycles. The lowest BCUT2D eigenvalue weighted by Crippen LogP contribution is -2.45. The fraction of sp³-hybridized carbons (Fsp3) is 0.217. The van der Waals surface area contributed by atoms with Crippen molar-refractivity contribution in [3.63, 3.8) is 0 Å². The molecule has 0 aliphatic carbocycles. The SMILES string of the molecule is CCOC(=O)c1csc(NC(=O)[C@@H](Cc2ccccc2)N2Cc3ccccc3C2=O)n1. The third-order valence-electron chi connectivity index (χ3n) is 5.02. The standard InChI is InChI=1S/C23H21N3O4S/c1-2-30-22(29)18-14-31-23(24-18)25-20(27)19(12-15-8-4-3-5-9-15)26-13-16-10-6-7-11-17(16)21(26)28/h3-11,14,19H,2,12-13H2,1H3,(H,24,25,27)/t19-/m1/s1. The van der Waals surface area contributed by atoms with E-state index in [0.717, 1.165) is 22.5 Å². The van der Waals surface area contributed by atoms with Crippen LogP contribution in [0.15, 0.2) is 60.0 Å². The molecule has 0 fully saturated rings. The second-order valence-corrected chi connectivity index (χ2v) is 7.90. The predicted octanol–water partition coefficient (Wildman–Crippen LogP) is 3.53. The maximum absolute atomic E-state index is 13.3. The molecule has 8 heteroatoms. The number of nitrogens with zero attached hydrogens (tertiary/aromatic N) is 2. The van der Waals surface area contributed by atoms with E-state index in [4.69, 9.17) is 4.74 Å². The summed E-state index contributed by atoms with van der Waals surface area (Å²) in [5, 5.41) is 4.60. The van der Waals surface area contributed by atoms with Crippen LogP contribution in [0.2, 0.25) is 0 Å². The first kappa shape index (κ1) is 20.7. The first-order chi connectivity index (χ1) is 15.1. The molecule has 7 nitrogen and oxygen atoms in total. The Bertz CT molecular complexity index is 1110. The first-order valence-corrected chi connectivity index (χ1v) is 10.8. The lowest BCUT2D eigenvalue weighted by atomic mass is 10.0. The number of anilines is 1. The van der Waals surface area contributed by atoms with Crippen LogP contribution < -0.4 is 5.32 Å². The molecule has 0 unspecified atom stereocenters. The molecule has 1 N–H and O–H groups in total. The van der Waals surface area contributed by atoms with Crippen molar-refractivity contribution in [3.8, 4) is 0 Å². The van der Waals surface area contributed by atoms with E-state index in [1.54, 1.807) is 17.9 Å². The van der Waals surface area contributed by atoms with Gasteiger partial charge in [0.05, 0.1) is 6.61 Å². The summed E-state index contributed by atoms with van der Waals surface area (Å²) >= 11 is 1.14. The van der Waals surface area contributed by atoms with Crippen LogP contribution in [0.1, 0.15) is 38.9 Å². The van der Waals surface area contributed by atoms with E-state index >= 15 is 0 Å². The van der Waals surface area contributed by atoms with E-state index in [1.807, 2.05) is 48.5 Å². The van der Waals surface area contributed by atoms with Crippen LogP contribution in [0.25, 0.3) is 0 Å². The smallest absolute Gasteiger partial charge is 0.357 e. The summed E-state index contributed by atoms with van der Waals surface area (Å²) in [6.45, 7) is 2.33. The quantitative estimate of drug-likeness (QED) is 0.574. The van der Waals surface area contributed by atoms with Crippen LogP contribution in [-0.4, -0.2) is 40.3 Å². The van der Waals surface area contributed by atoms with Crippen molar-refractivity contribution >= 4 is 34.3 Å². The molecule has 0 spiro atoms. The highest BCUT2D eigenvalue weighted by Gasteiger charge is 2.36. The number of amides is 2. The first-order valence-electron chi connectivity index (χ1n) is 9.93. The molecule has 1 aliphatic heterocycles. The molecule has 158 valence electrons. The van der Waals surface area contributed by atoms with Gasteiger partial charge in [0.2, 0.25) is 5.91 Å². The maximum atomic E-state index is 13.3. The van der Waals surface area contributed by atoms with Gasteiger partial charge in [-0.2, -0.15) is 0 Å². The fourth-order valence-electron chi connectivity index (χ4n) is 3.53. The summed E-state index contributed by atoms with van der Waals surface area (Å²) in [4.78, 5) is 43.9.